The van der Waals surface area contributed by atoms with Gasteiger partial charge in [0.15, 0.2) is 22.7 Å². The Morgan fingerprint density at radius 1 is 1.20 bits per heavy atom. The zero-order chi connectivity index (χ0) is 17.6. The van der Waals surface area contributed by atoms with Crippen LogP contribution >= 0.6 is 0 Å². The summed E-state index contributed by atoms with van der Waals surface area (Å²) in [5, 5.41) is 0. The van der Waals surface area contributed by atoms with Crippen molar-refractivity contribution in [2.45, 2.75) is 6.92 Å². The molecule has 9 heteroatoms. The molecule has 0 aliphatic carbocycles. The Bertz CT molecular complexity index is 924. The van der Waals surface area contributed by atoms with Crippen molar-refractivity contribution >= 4 is 28.8 Å². The molecule has 0 unspecified atom stereocenters. The smallest absolute Gasteiger partial charge is 0.289 e. The maximum Gasteiger partial charge on any atom is 0.289 e. The first-order valence-electron chi connectivity index (χ1n) is 8.09. The Balaban J connectivity index is 1.58. The van der Waals surface area contributed by atoms with E-state index in [4.69, 9.17) is 10.2 Å². The van der Waals surface area contributed by atoms with Gasteiger partial charge in [0, 0.05) is 33.2 Å². The van der Waals surface area contributed by atoms with Gasteiger partial charge in [-0.3, -0.25) is 4.79 Å². The molecule has 0 spiro atoms. The van der Waals surface area contributed by atoms with Crippen LogP contribution in [-0.4, -0.2) is 56.5 Å². The van der Waals surface area contributed by atoms with Gasteiger partial charge in [-0.25, -0.2) is 4.98 Å². The number of aryl methyl sites for hydroxylation is 2. The van der Waals surface area contributed by atoms with Crippen molar-refractivity contribution in [2.75, 3.05) is 36.8 Å². The maximum absolute atomic E-state index is 12.4. The highest BCUT2D eigenvalue weighted by Crippen LogP contribution is 2.25. The molecule has 1 fully saturated rings. The van der Waals surface area contributed by atoms with Crippen molar-refractivity contribution in [1.29, 1.82) is 0 Å². The number of hydrogen-bond acceptors (Lipinski definition) is 7. The van der Waals surface area contributed by atoms with Crippen LogP contribution in [-0.2, 0) is 7.05 Å². The van der Waals surface area contributed by atoms with Gasteiger partial charge in [0.05, 0.1) is 6.26 Å². The Kier molecular flexibility index (Phi) is 3.56. The number of aromatic nitrogens is 4. The number of nitrogens with two attached hydrogens (primary N) is 1. The Morgan fingerprint density at radius 2 is 1.96 bits per heavy atom. The summed E-state index contributed by atoms with van der Waals surface area (Å²) in [6, 6.07) is 3.40. The van der Waals surface area contributed by atoms with Crippen LogP contribution in [0.5, 0.6) is 0 Å². The average molecular weight is 341 g/mol. The van der Waals surface area contributed by atoms with Crippen LogP contribution < -0.4 is 10.6 Å². The van der Waals surface area contributed by atoms with Gasteiger partial charge in [-0.15, -0.1) is 0 Å². The van der Waals surface area contributed by atoms with Crippen LogP contribution in [0.2, 0.25) is 0 Å². The minimum atomic E-state index is -0.0920. The molecule has 3 aromatic rings. The molecule has 0 saturated carbocycles. The summed E-state index contributed by atoms with van der Waals surface area (Å²) in [4.78, 5) is 29.5. The van der Waals surface area contributed by atoms with E-state index in [1.807, 2.05) is 18.5 Å². The molecule has 0 radical (unpaired) electrons. The first kappa shape index (κ1) is 15.4. The van der Waals surface area contributed by atoms with Crippen LogP contribution in [0.15, 0.2) is 22.8 Å². The highest BCUT2D eigenvalue weighted by Gasteiger charge is 2.26. The third kappa shape index (κ3) is 2.57. The summed E-state index contributed by atoms with van der Waals surface area (Å²) in [6.07, 6.45) is 1.51. The first-order chi connectivity index (χ1) is 12.0. The predicted octanol–water partition coefficient (Wildman–Crippen LogP) is 0.809. The summed E-state index contributed by atoms with van der Waals surface area (Å²) in [7, 11) is 1.90. The largest absolute Gasteiger partial charge is 0.459 e. The van der Waals surface area contributed by atoms with Gasteiger partial charge in [-0.05, 0) is 19.1 Å². The Morgan fingerprint density at radius 3 is 2.64 bits per heavy atom. The molecule has 1 saturated heterocycles. The molecule has 9 nitrogen and oxygen atoms in total. The first-order valence-corrected chi connectivity index (χ1v) is 8.09. The van der Waals surface area contributed by atoms with E-state index in [1.165, 1.54) is 6.26 Å². The molecule has 25 heavy (non-hydrogen) atoms. The summed E-state index contributed by atoms with van der Waals surface area (Å²) in [6.45, 7) is 4.37. The quantitative estimate of drug-likeness (QED) is 0.735. The zero-order valence-corrected chi connectivity index (χ0v) is 14.1. The van der Waals surface area contributed by atoms with Crippen LogP contribution in [0.1, 0.15) is 16.4 Å². The highest BCUT2D eigenvalue weighted by molar-refractivity contribution is 5.91. The minimum Gasteiger partial charge on any atom is -0.459 e. The lowest BCUT2D eigenvalue weighted by Crippen LogP contribution is -2.49. The second-order valence-corrected chi connectivity index (χ2v) is 6.05. The van der Waals surface area contributed by atoms with Gasteiger partial charge < -0.3 is 24.5 Å². The zero-order valence-electron chi connectivity index (χ0n) is 14.1. The van der Waals surface area contributed by atoms with E-state index in [0.717, 1.165) is 17.2 Å². The molecule has 4 rings (SSSR count). The van der Waals surface area contributed by atoms with E-state index < -0.39 is 0 Å². The summed E-state index contributed by atoms with van der Waals surface area (Å²) in [5.41, 5.74) is 7.34. The van der Waals surface area contributed by atoms with Crippen molar-refractivity contribution in [2.24, 2.45) is 7.05 Å². The lowest BCUT2D eigenvalue weighted by molar-refractivity contribution is 0.0714. The van der Waals surface area contributed by atoms with Gasteiger partial charge in [0.1, 0.15) is 5.82 Å². The Hall–Kier alpha value is -3.10. The lowest BCUT2D eigenvalue weighted by Gasteiger charge is -2.35. The third-order valence-electron chi connectivity index (χ3n) is 4.54. The number of nitrogen functional groups attached to an aromatic ring is 1. The molecule has 4 heterocycles. The number of rotatable bonds is 2. The second-order valence-electron chi connectivity index (χ2n) is 6.05. The molecular weight excluding hydrogens is 322 g/mol. The van der Waals surface area contributed by atoms with Crippen molar-refractivity contribution < 1.29 is 9.21 Å². The molecule has 2 N–H and O–H groups in total. The van der Waals surface area contributed by atoms with Crippen molar-refractivity contribution in [3.8, 4) is 0 Å². The molecule has 0 bridgehead atoms. The standard InChI is InChI=1S/C16H19N7O2/c1-10-18-12-13(21(10)2)19-16(17)20-14(12)22-5-7-23(8-6-22)15(24)11-4-3-9-25-11/h3-4,9H,5-8H2,1-2H3,(H2,17,19,20). The number of fused-ring (bicyclic) bond motifs is 1. The van der Waals surface area contributed by atoms with Crippen LogP contribution in [0.3, 0.4) is 0 Å². The van der Waals surface area contributed by atoms with Gasteiger partial charge in [-0.2, -0.15) is 9.97 Å². The second kappa shape index (κ2) is 5.76. The SMILES string of the molecule is Cc1nc2c(N3CCN(C(=O)c4ccco4)CC3)nc(N)nc2n1C. The maximum atomic E-state index is 12.4. The predicted molar refractivity (Wildman–Crippen MR) is 92.3 cm³/mol. The summed E-state index contributed by atoms with van der Waals surface area (Å²) >= 11 is 0. The molecule has 1 amide bonds. The van der Waals surface area contributed by atoms with Gasteiger partial charge in [0.25, 0.3) is 5.91 Å². The van der Waals surface area contributed by atoms with Gasteiger partial charge in [0.2, 0.25) is 5.95 Å². The van der Waals surface area contributed by atoms with E-state index in [1.54, 1.807) is 17.0 Å². The Labute approximate surface area is 144 Å². The molecule has 3 aromatic heterocycles. The summed E-state index contributed by atoms with van der Waals surface area (Å²) < 4.78 is 7.09. The molecule has 1 aliphatic rings. The number of carbonyl (C=O) groups excluding carboxylic acids is 1. The monoisotopic (exact) mass is 341 g/mol. The lowest BCUT2D eigenvalue weighted by atomic mass is 10.2. The number of anilines is 2. The van der Waals surface area contributed by atoms with Crippen LogP contribution in [0.25, 0.3) is 11.2 Å². The number of furan rings is 1. The van der Waals surface area contributed by atoms with Gasteiger partial charge in [-0.1, -0.05) is 0 Å². The number of carbonyl (C=O) groups is 1. The fourth-order valence-corrected chi connectivity index (χ4v) is 3.07. The topological polar surface area (TPSA) is 106 Å². The van der Waals surface area contributed by atoms with E-state index in [2.05, 4.69) is 19.9 Å². The van der Waals surface area contributed by atoms with E-state index in [-0.39, 0.29) is 11.9 Å². The summed E-state index contributed by atoms with van der Waals surface area (Å²) in [5.74, 6) is 2.06. The molecule has 1 aliphatic heterocycles. The molecule has 130 valence electrons. The normalized spacial score (nSPS) is 15.1. The number of amides is 1. The number of hydrogen-bond donors (Lipinski definition) is 1. The van der Waals surface area contributed by atoms with E-state index >= 15 is 0 Å². The van der Waals surface area contributed by atoms with Crippen LogP contribution in [0.4, 0.5) is 11.8 Å². The third-order valence-corrected chi connectivity index (χ3v) is 4.54. The average Bonchev–Trinajstić information content (AvgIpc) is 3.24. The van der Waals surface area contributed by atoms with E-state index in [0.29, 0.717) is 37.6 Å². The van der Waals surface area contributed by atoms with Crippen molar-refractivity contribution in [3.63, 3.8) is 0 Å². The van der Waals surface area contributed by atoms with E-state index in [9.17, 15) is 4.79 Å². The number of piperazine rings is 1. The number of nitrogens with zero attached hydrogens (tertiary/aromatic N) is 6. The fourth-order valence-electron chi connectivity index (χ4n) is 3.07. The van der Waals surface area contributed by atoms with Crippen molar-refractivity contribution in [3.05, 3.63) is 30.0 Å². The fraction of sp³-hybridized carbons (Fsp3) is 0.375. The minimum absolute atomic E-state index is 0.0920. The van der Waals surface area contributed by atoms with Crippen LogP contribution in [0, 0.1) is 6.92 Å². The number of imidazole rings is 1. The van der Waals surface area contributed by atoms with Crippen molar-refractivity contribution in [1.82, 2.24) is 24.4 Å². The van der Waals surface area contributed by atoms with Gasteiger partial charge >= 0.3 is 0 Å². The molecular formula is C16H19N7O2. The molecule has 0 atom stereocenters. The molecule has 0 aromatic carbocycles. The highest BCUT2D eigenvalue weighted by atomic mass is 16.3.